The third-order valence-corrected chi connectivity index (χ3v) is 5.54. The topological polar surface area (TPSA) is 131 Å². The smallest absolute Gasteiger partial charge is 0.312 e. The van der Waals surface area contributed by atoms with Crippen molar-refractivity contribution in [1.29, 1.82) is 0 Å². The first-order valence-corrected chi connectivity index (χ1v) is 11.1. The van der Waals surface area contributed by atoms with E-state index >= 15 is 0 Å². The molecule has 3 aromatic rings. The molecule has 10 nitrogen and oxygen atoms in total. The number of hydrogen-bond acceptors (Lipinski definition) is 6. The van der Waals surface area contributed by atoms with Crippen LogP contribution < -0.4 is 20.5 Å². The second kappa shape index (κ2) is 10.4. The van der Waals surface area contributed by atoms with E-state index in [0.717, 1.165) is 11.1 Å². The lowest BCUT2D eigenvalue weighted by molar-refractivity contribution is -0.385. The molecule has 1 fully saturated rings. The largest absolute Gasteiger partial charge is 0.476 e. The number of carbonyl (C=O) groups is 3. The lowest BCUT2D eigenvalue weighted by atomic mass is 10.1. The molecule has 36 heavy (non-hydrogen) atoms. The lowest BCUT2D eigenvalue weighted by Gasteiger charge is -2.13. The van der Waals surface area contributed by atoms with Crippen LogP contribution in [0.15, 0.2) is 76.8 Å². The molecule has 2 N–H and O–H groups in total. The van der Waals surface area contributed by atoms with Gasteiger partial charge in [-0.25, -0.2) is 9.40 Å². The zero-order valence-electron chi connectivity index (χ0n) is 18.2. The molecule has 1 heterocycles. The molecule has 1 saturated heterocycles. The summed E-state index contributed by atoms with van der Waals surface area (Å²) in [7, 11) is 0. The highest BCUT2D eigenvalue weighted by Crippen LogP contribution is 2.37. The molecule has 182 valence electrons. The van der Waals surface area contributed by atoms with Crippen LogP contribution in [0, 0.1) is 15.9 Å². The average Bonchev–Trinajstić information content (AvgIpc) is 3.13. The summed E-state index contributed by atoms with van der Waals surface area (Å²) in [5.74, 6) is -2.93. The van der Waals surface area contributed by atoms with E-state index in [1.54, 1.807) is 30.3 Å². The Morgan fingerprint density at radius 2 is 1.83 bits per heavy atom. The first-order chi connectivity index (χ1) is 17.2. The predicted octanol–water partition coefficient (Wildman–Crippen LogP) is 3.98. The number of rotatable bonds is 7. The van der Waals surface area contributed by atoms with E-state index in [1.165, 1.54) is 36.4 Å². The number of anilines is 2. The van der Waals surface area contributed by atoms with Gasteiger partial charge in [0.05, 0.1) is 20.8 Å². The van der Waals surface area contributed by atoms with Gasteiger partial charge in [-0.3, -0.25) is 29.9 Å². The summed E-state index contributed by atoms with van der Waals surface area (Å²) in [6.45, 7) is -0.638. The normalized spacial score (nSPS) is 14.1. The van der Waals surface area contributed by atoms with E-state index in [1.807, 2.05) is 0 Å². The summed E-state index contributed by atoms with van der Waals surface area (Å²) in [6, 6.07) is 16.4. The molecular formula is C24H16BrFN4O6. The van der Waals surface area contributed by atoms with Gasteiger partial charge in [0.1, 0.15) is 11.4 Å². The van der Waals surface area contributed by atoms with Crippen LogP contribution in [0.25, 0.3) is 6.08 Å². The quantitative estimate of drug-likeness (QED) is 0.196. The molecule has 0 saturated carbocycles. The van der Waals surface area contributed by atoms with Gasteiger partial charge in [-0.2, -0.15) is 0 Å². The van der Waals surface area contributed by atoms with Gasteiger partial charge in [0.25, 0.3) is 17.7 Å². The van der Waals surface area contributed by atoms with Gasteiger partial charge < -0.3 is 10.1 Å². The number of nitro groups is 1. The molecule has 0 aromatic heterocycles. The SMILES string of the molecule is O=C(COc1c(Br)cc(/C=C2/C(=O)NN(c3ccccc3)C2=O)cc1[N+](=O)[O-])Nc1ccccc1F. The number of carbonyl (C=O) groups excluding carboxylic acids is 3. The van der Waals surface area contributed by atoms with Gasteiger partial charge in [-0.1, -0.05) is 30.3 Å². The second-order valence-corrected chi connectivity index (χ2v) is 8.25. The summed E-state index contributed by atoms with van der Waals surface area (Å²) in [4.78, 5) is 48.3. The fraction of sp³-hybridized carbons (Fsp3) is 0.0417. The van der Waals surface area contributed by atoms with Crippen molar-refractivity contribution in [3.05, 3.63) is 98.3 Å². The minimum absolute atomic E-state index is 0.0642. The third-order valence-electron chi connectivity index (χ3n) is 4.96. The molecule has 3 aromatic carbocycles. The summed E-state index contributed by atoms with van der Waals surface area (Å²) in [5, 5.41) is 15.1. The molecule has 0 unspecified atom stereocenters. The van der Waals surface area contributed by atoms with Gasteiger partial charge >= 0.3 is 5.69 Å². The highest BCUT2D eigenvalue weighted by Gasteiger charge is 2.34. The molecule has 0 atom stereocenters. The first-order valence-electron chi connectivity index (χ1n) is 10.3. The molecule has 1 aliphatic rings. The Morgan fingerprint density at radius 3 is 2.53 bits per heavy atom. The van der Waals surface area contributed by atoms with Crippen LogP contribution in [0.4, 0.5) is 21.5 Å². The van der Waals surface area contributed by atoms with Crippen molar-refractivity contribution in [2.24, 2.45) is 0 Å². The van der Waals surface area contributed by atoms with Gasteiger partial charge in [-0.15, -0.1) is 0 Å². The van der Waals surface area contributed by atoms with Crippen LogP contribution in [0.1, 0.15) is 5.56 Å². The fourth-order valence-corrected chi connectivity index (χ4v) is 3.91. The van der Waals surface area contributed by atoms with Crippen LogP contribution in [0.3, 0.4) is 0 Å². The number of nitrogens with zero attached hydrogens (tertiary/aromatic N) is 2. The van der Waals surface area contributed by atoms with Crippen LogP contribution in [-0.4, -0.2) is 29.3 Å². The Kier molecular flexibility index (Phi) is 7.06. The van der Waals surface area contributed by atoms with Crippen molar-refractivity contribution >= 4 is 56.8 Å². The Bertz CT molecular complexity index is 1410. The summed E-state index contributed by atoms with van der Waals surface area (Å²) >= 11 is 3.18. The van der Waals surface area contributed by atoms with Crippen molar-refractivity contribution in [2.45, 2.75) is 0 Å². The lowest BCUT2D eigenvalue weighted by Crippen LogP contribution is -2.35. The standard InChI is InChI=1S/C24H16BrFN4O6/c25-17-11-14(10-16-23(32)28-29(24(16)33)15-6-2-1-3-7-15)12-20(30(34)35)22(17)36-13-21(31)27-19-9-5-4-8-18(19)26/h1-12H,13H2,(H,27,31)(H,28,32)/b16-10-. The monoisotopic (exact) mass is 554 g/mol. The second-order valence-electron chi connectivity index (χ2n) is 7.40. The minimum Gasteiger partial charge on any atom is -0.476 e. The maximum absolute atomic E-state index is 13.7. The van der Waals surface area contributed by atoms with Crippen LogP contribution in [0.5, 0.6) is 5.75 Å². The van der Waals surface area contributed by atoms with E-state index in [0.29, 0.717) is 5.69 Å². The van der Waals surface area contributed by atoms with Crippen LogP contribution in [0.2, 0.25) is 0 Å². The van der Waals surface area contributed by atoms with Crippen molar-refractivity contribution in [1.82, 2.24) is 5.43 Å². The van der Waals surface area contributed by atoms with E-state index in [4.69, 9.17) is 4.74 Å². The van der Waals surface area contributed by atoms with Crippen molar-refractivity contribution in [3.63, 3.8) is 0 Å². The first kappa shape index (κ1) is 24.5. The molecular weight excluding hydrogens is 539 g/mol. The van der Waals surface area contributed by atoms with Gasteiger partial charge in [0.2, 0.25) is 5.75 Å². The number of amides is 3. The van der Waals surface area contributed by atoms with Crippen molar-refractivity contribution < 1.29 is 28.4 Å². The maximum Gasteiger partial charge on any atom is 0.312 e. The van der Waals surface area contributed by atoms with Crippen molar-refractivity contribution in [3.8, 4) is 5.75 Å². The third kappa shape index (κ3) is 5.23. The number of nitro benzene ring substituents is 1. The van der Waals surface area contributed by atoms with Crippen molar-refractivity contribution in [2.75, 3.05) is 16.9 Å². The molecule has 12 heteroatoms. The summed E-state index contributed by atoms with van der Waals surface area (Å²) < 4.78 is 19.2. The zero-order chi connectivity index (χ0) is 25.8. The highest BCUT2D eigenvalue weighted by molar-refractivity contribution is 9.10. The molecule has 0 spiro atoms. The van der Waals surface area contributed by atoms with E-state index < -0.39 is 40.8 Å². The zero-order valence-corrected chi connectivity index (χ0v) is 19.8. The molecule has 0 radical (unpaired) electrons. The molecule has 1 aliphatic heterocycles. The van der Waals surface area contributed by atoms with E-state index in [9.17, 15) is 28.9 Å². The van der Waals surface area contributed by atoms with Gasteiger partial charge in [0, 0.05) is 6.07 Å². The highest BCUT2D eigenvalue weighted by atomic mass is 79.9. The van der Waals surface area contributed by atoms with E-state index in [2.05, 4.69) is 26.7 Å². The number of hydrazine groups is 1. The maximum atomic E-state index is 13.7. The number of para-hydroxylation sites is 2. The van der Waals surface area contributed by atoms with Crippen LogP contribution >= 0.6 is 15.9 Å². The van der Waals surface area contributed by atoms with Gasteiger partial charge in [-0.05, 0) is 57.9 Å². The Balaban J connectivity index is 1.55. The predicted molar refractivity (Wildman–Crippen MR) is 131 cm³/mol. The minimum atomic E-state index is -0.735. The van der Waals surface area contributed by atoms with E-state index in [-0.39, 0.29) is 27.0 Å². The fourth-order valence-electron chi connectivity index (χ4n) is 3.33. The number of hydrogen-bond donors (Lipinski definition) is 2. The number of ether oxygens (including phenoxy) is 1. The Labute approximate surface area is 211 Å². The summed E-state index contributed by atoms with van der Waals surface area (Å²) in [5.41, 5.74) is 2.26. The number of nitrogens with one attached hydrogen (secondary N) is 2. The number of halogens is 2. The number of benzene rings is 3. The average molecular weight is 555 g/mol. The van der Waals surface area contributed by atoms with Gasteiger partial charge in [0.15, 0.2) is 6.61 Å². The van der Waals surface area contributed by atoms with Crippen LogP contribution in [-0.2, 0) is 14.4 Å². The molecule has 3 amide bonds. The Hall–Kier alpha value is -4.58. The summed E-state index contributed by atoms with van der Waals surface area (Å²) in [6.07, 6.45) is 1.22. The molecule has 0 bridgehead atoms. The molecule has 0 aliphatic carbocycles. The molecule has 4 rings (SSSR count). The Morgan fingerprint density at radius 1 is 1.14 bits per heavy atom.